The van der Waals surface area contributed by atoms with Gasteiger partial charge >= 0.3 is 0 Å². The smallest absolute Gasteiger partial charge is 0.0954 e. The van der Waals surface area contributed by atoms with Crippen LogP contribution in [0.2, 0.25) is 0 Å². The Bertz CT molecular complexity index is 316. The van der Waals surface area contributed by atoms with Crippen LogP contribution in [0.5, 0.6) is 0 Å². The molecular weight excluding hydrogens is 184 g/mol. The van der Waals surface area contributed by atoms with Crippen LogP contribution in [-0.2, 0) is 11.0 Å². The zero-order valence-electron chi connectivity index (χ0n) is 11.0. The average molecular weight is 208 g/mol. The molecule has 1 heterocycles. The van der Waals surface area contributed by atoms with Crippen molar-refractivity contribution in [2.75, 3.05) is 0 Å². The highest BCUT2D eigenvalue weighted by Crippen LogP contribution is 2.25. The topological polar surface area (TPSA) is 17.8 Å². The maximum absolute atomic E-state index is 4.50. The van der Waals surface area contributed by atoms with Gasteiger partial charge in [-0.3, -0.25) is 0 Å². The summed E-state index contributed by atoms with van der Waals surface area (Å²) >= 11 is 0. The van der Waals surface area contributed by atoms with Gasteiger partial charge in [0.25, 0.3) is 0 Å². The zero-order chi connectivity index (χ0) is 11.7. The van der Waals surface area contributed by atoms with Crippen LogP contribution >= 0.6 is 0 Å². The van der Waals surface area contributed by atoms with E-state index >= 15 is 0 Å². The van der Waals surface area contributed by atoms with Crippen molar-refractivity contribution in [1.82, 2.24) is 9.55 Å². The van der Waals surface area contributed by atoms with Gasteiger partial charge in [0.15, 0.2) is 0 Å². The minimum Gasteiger partial charge on any atom is -0.332 e. The molecule has 0 N–H and O–H groups in total. The van der Waals surface area contributed by atoms with Crippen molar-refractivity contribution < 1.29 is 0 Å². The van der Waals surface area contributed by atoms with Crippen LogP contribution in [0.25, 0.3) is 0 Å². The van der Waals surface area contributed by atoms with Crippen LogP contribution in [0.1, 0.15) is 60.1 Å². The lowest BCUT2D eigenvalue weighted by molar-refractivity contribution is 0.323. The SMILES string of the molecule is CCCC(C)(C)n1cnc(C(C)(C)C)c1. The van der Waals surface area contributed by atoms with Crippen LogP contribution in [0.3, 0.4) is 0 Å². The Labute approximate surface area is 93.7 Å². The molecule has 0 fully saturated rings. The summed E-state index contributed by atoms with van der Waals surface area (Å²) in [5.74, 6) is 0. The van der Waals surface area contributed by atoms with Gasteiger partial charge in [0, 0.05) is 17.2 Å². The van der Waals surface area contributed by atoms with Crippen molar-refractivity contribution in [3.63, 3.8) is 0 Å². The normalized spacial score (nSPS) is 13.2. The first kappa shape index (κ1) is 12.3. The van der Waals surface area contributed by atoms with Gasteiger partial charge in [-0.05, 0) is 20.3 Å². The lowest BCUT2D eigenvalue weighted by Crippen LogP contribution is -2.24. The van der Waals surface area contributed by atoms with Crippen LogP contribution in [0.15, 0.2) is 12.5 Å². The van der Waals surface area contributed by atoms with E-state index < -0.39 is 0 Å². The van der Waals surface area contributed by atoms with Crippen molar-refractivity contribution in [3.05, 3.63) is 18.2 Å². The van der Waals surface area contributed by atoms with E-state index in [4.69, 9.17) is 0 Å². The van der Waals surface area contributed by atoms with Gasteiger partial charge in [0.2, 0.25) is 0 Å². The molecule has 0 amide bonds. The maximum Gasteiger partial charge on any atom is 0.0954 e. The Morgan fingerprint density at radius 2 is 1.80 bits per heavy atom. The standard InChI is InChI=1S/C13H24N2/c1-7-8-13(5,6)15-9-11(14-10-15)12(2,3)4/h9-10H,7-8H2,1-6H3. The van der Waals surface area contributed by atoms with Crippen LogP contribution in [0.4, 0.5) is 0 Å². The molecule has 15 heavy (non-hydrogen) atoms. The Morgan fingerprint density at radius 3 is 2.20 bits per heavy atom. The predicted octanol–water partition coefficient (Wildman–Crippen LogP) is 3.72. The van der Waals surface area contributed by atoms with E-state index in [1.165, 1.54) is 18.5 Å². The van der Waals surface area contributed by atoms with E-state index in [1.807, 2.05) is 6.33 Å². The highest BCUT2D eigenvalue weighted by molar-refractivity contribution is 5.10. The second kappa shape index (κ2) is 3.99. The molecule has 2 nitrogen and oxygen atoms in total. The molecule has 1 rings (SSSR count). The fourth-order valence-corrected chi connectivity index (χ4v) is 1.78. The van der Waals surface area contributed by atoms with Gasteiger partial charge in [-0.2, -0.15) is 0 Å². The number of rotatable bonds is 3. The molecule has 0 aliphatic rings. The van der Waals surface area contributed by atoms with E-state index in [0.717, 1.165) is 0 Å². The summed E-state index contributed by atoms with van der Waals surface area (Å²) in [5.41, 5.74) is 1.50. The molecule has 0 atom stereocenters. The summed E-state index contributed by atoms with van der Waals surface area (Å²) in [7, 11) is 0. The lowest BCUT2D eigenvalue weighted by atomic mass is 9.93. The molecule has 2 heteroatoms. The van der Waals surface area contributed by atoms with Gasteiger partial charge in [-0.15, -0.1) is 0 Å². The Morgan fingerprint density at radius 1 is 1.20 bits per heavy atom. The Kier molecular flexibility index (Phi) is 3.27. The van der Waals surface area contributed by atoms with E-state index in [-0.39, 0.29) is 11.0 Å². The van der Waals surface area contributed by atoms with E-state index in [0.29, 0.717) is 0 Å². The quantitative estimate of drug-likeness (QED) is 0.740. The monoisotopic (exact) mass is 208 g/mol. The number of aromatic nitrogens is 2. The van der Waals surface area contributed by atoms with E-state index in [2.05, 4.69) is 57.3 Å². The van der Waals surface area contributed by atoms with Gasteiger partial charge in [-0.25, -0.2) is 4.98 Å². The predicted molar refractivity (Wildman–Crippen MR) is 65.2 cm³/mol. The number of hydrogen-bond acceptors (Lipinski definition) is 1. The molecule has 86 valence electrons. The fourth-order valence-electron chi connectivity index (χ4n) is 1.78. The molecular formula is C13H24N2. The number of nitrogens with zero attached hydrogens (tertiary/aromatic N) is 2. The van der Waals surface area contributed by atoms with Crippen LogP contribution in [-0.4, -0.2) is 9.55 Å². The van der Waals surface area contributed by atoms with Gasteiger partial charge in [0.05, 0.1) is 12.0 Å². The molecule has 0 bridgehead atoms. The molecule has 0 saturated carbocycles. The number of imidazole rings is 1. The average Bonchev–Trinajstić information content (AvgIpc) is 2.50. The zero-order valence-corrected chi connectivity index (χ0v) is 11.0. The number of hydrogen-bond donors (Lipinski definition) is 0. The first-order valence-electron chi connectivity index (χ1n) is 5.82. The highest BCUT2D eigenvalue weighted by Gasteiger charge is 2.22. The second-order valence-corrected chi connectivity index (χ2v) is 5.98. The van der Waals surface area contributed by atoms with Gasteiger partial charge < -0.3 is 4.57 Å². The molecule has 0 saturated heterocycles. The third-order valence-electron chi connectivity index (χ3n) is 2.91. The third kappa shape index (κ3) is 2.83. The molecule has 0 aliphatic carbocycles. The molecule has 0 unspecified atom stereocenters. The summed E-state index contributed by atoms with van der Waals surface area (Å²) in [6, 6.07) is 0. The van der Waals surface area contributed by atoms with Crippen molar-refractivity contribution in [1.29, 1.82) is 0 Å². The summed E-state index contributed by atoms with van der Waals surface area (Å²) in [5, 5.41) is 0. The van der Waals surface area contributed by atoms with Gasteiger partial charge in [-0.1, -0.05) is 34.1 Å². The Hall–Kier alpha value is -0.790. The summed E-state index contributed by atoms with van der Waals surface area (Å²) < 4.78 is 2.25. The van der Waals surface area contributed by atoms with Gasteiger partial charge in [0.1, 0.15) is 0 Å². The molecule has 1 aromatic heterocycles. The summed E-state index contributed by atoms with van der Waals surface area (Å²) in [6.45, 7) is 13.4. The van der Waals surface area contributed by atoms with Crippen molar-refractivity contribution in [2.24, 2.45) is 0 Å². The van der Waals surface area contributed by atoms with E-state index in [1.54, 1.807) is 0 Å². The molecule has 1 aromatic rings. The fraction of sp³-hybridized carbons (Fsp3) is 0.769. The minimum absolute atomic E-state index is 0.146. The lowest BCUT2D eigenvalue weighted by Gasteiger charge is -2.26. The largest absolute Gasteiger partial charge is 0.332 e. The van der Waals surface area contributed by atoms with Crippen molar-refractivity contribution in [2.45, 2.75) is 65.3 Å². The summed E-state index contributed by atoms with van der Waals surface area (Å²) in [4.78, 5) is 4.50. The first-order chi connectivity index (χ1) is 6.77. The van der Waals surface area contributed by atoms with Crippen molar-refractivity contribution >= 4 is 0 Å². The second-order valence-electron chi connectivity index (χ2n) is 5.98. The molecule has 0 radical (unpaired) electrons. The Balaban J connectivity index is 2.94. The third-order valence-corrected chi connectivity index (χ3v) is 2.91. The first-order valence-corrected chi connectivity index (χ1v) is 5.82. The maximum atomic E-state index is 4.50. The summed E-state index contributed by atoms with van der Waals surface area (Å²) in [6.07, 6.45) is 6.55. The van der Waals surface area contributed by atoms with Crippen LogP contribution in [0, 0.1) is 0 Å². The van der Waals surface area contributed by atoms with Crippen molar-refractivity contribution in [3.8, 4) is 0 Å². The molecule has 0 aromatic carbocycles. The highest BCUT2D eigenvalue weighted by atomic mass is 15.1. The molecule has 0 aliphatic heterocycles. The molecule has 0 spiro atoms. The minimum atomic E-state index is 0.146. The van der Waals surface area contributed by atoms with E-state index in [9.17, 15) is 0 Å². The van der Waals surface area contributed by atoms with Crippen LogP contribution < -0.4 is 0 Å².